The summed E-state index contributed by atoms with van der Waals surface area (Å²) >= 11 is 0. The van der Waals surface area contributed by atoms with Gasteiger partial charge in [0.2, 0.25) is 10.0 Å². The van der Waals surface area contributed by atoms with Crippen molar-refractivity contribution in [2.24, 2.45) is 0 Å². The Morgan fingerprint density at radius 2 is 1.67 bits per heavy atom. The second-order valence-corrected chi connectivity index (χ2v) is 7.91. The molecule has 0 aliphatic heterocycles. The fraction of sp³-hybridized carbons (Fsp3) is 0.611. The lowest BCUT2D eigenvalue weighted by Crippen LogP contribution is -2.30. The molecule has 0 radical (unpaired) electrons. The van der Waals surface area contributed by atoms with E-state index in [0.717, 1.165) is 25.8 Å². The smallest absolute Gasteiger partial charge is 0.229 e. The SMILES string of the molecule is CCCCCCCN(CC)CC(=O)c1ccc(NS(C)(=O)=O)cc1. The number of benzene rings is 1. The predicted molar refractivity (Wildman–Crippen MR) is 100 cm³/mol. The third kappa shape index (κ3) is 8.45. The van der Waals surface area contributed by atoms with Crippen molar-refractivity contribution >= 4 is 21.5 Å². The molecule has 0 saturated carbocycles. The van der Waals surface area contributed by atoms with Gasteiger partial charge >= 0.3 is 0 Å². The summed E-state index contributed by atoms with van der Waals surface area (Å²) in [5, 5.41) is 0. The fourth-order valence-electron chi connectivity index (χ4n) is 2.52. The Labute approximate surface area is 146 Å². The Morgan fingerprint density at radius 3 is 2.21 bits per heavy atom. The molecule has 0 aromatic heterocycles. The predicted octanol–water partition coefficient (Wildman–Crippen LogP) is 3.53. The number of ketones is 1. The molecule has 0 fully saturated rings. The van der Waals surface area contributed by atoms with Gasteiger partial charge in [0.25, 0.3) is 0 Å². The fourth-order valence-corrected chi connectivity index (χ4v) is 3.08. The highest BCUT2D eigenvalue weighted by molar-refractivity contribution is 7.92. The van der Waals surface area contributed by atoms with Crippen LogP contribution in [0.3, 0.4) is 0 Å². The van der Waals surface area contributed by atoms with Crippen molar-refractivity contribution in [1.82, 2.24) is 4.90 Å². The maximum absolute atomic E-state index is 12.4. The van der Waals surface area contributed by atoms with Gasteiger partial charge in [-0.1, -0.05) is 39.5 Å². The number of nitrogens with one attached hydrogen (secondary N) is 1. The number of sulfonamides is 1. The number of rotatable bonds is 12. The van der Waals surface area contributed by atoms with Crippen LogP contribution in [0.15, 0.2) is 24.3 Å². The Morgan fingerprint density at radius 1 is 1.04 bits per heavy atom. The van der Waals surface area contributed by atoms with Gasteiger partial charge in [-0.2, -0.15) is 0 Å². The molecule has 0 amide bonds. The van der Waals surface area contributed by atoms with Gasteiger partial charge in [0.1, 0.15) is 0 Å². The summed E-state index contributed by atoms with van der Waals surface area (Å²) in [5.74, 6) is 0.0660. The average Bonchev–Trinajstić information content (AvgIpc) is 2.52. The van der Waals surface area contributed by atoms with Crippen LogP contribution in [-0.2, 0) is 10.0 Å². The van der Waals surface area contributed by atoms with E-state index in [1.165, 1.54) is 25.7 Å². The minimum Gasteiger partial charge on any atom is -0.296 e. The summed E-state index contributed by atoms with van der Waals surface area (Å²) in [4.78, 5) is 14.5. The number of nitrogens with zero attached hydrogens (tertiary/aromatic N) is 1. The highest BCUT2D eigenvalue weighted by atomic mass is 32.2. The van der Waals surface area contributed by atoms with Crippen molar-refractivity contribution in [2.75, 3.05) is 30.6 Å². The van der Waals surface area contributed by atoms with E-state index < -0.39 is 10.0 Å². The van der Waals surface area contributed by atoms with E-state index in [0.29, 0.717) is 17.8 Å². The summed E-state index contributed by atoms with van der Waals surface area (Å²) in [7, 11) is -3.29. The lowest BCUT2D eigenvalue weighted by Gasteiger charge is -2.19. The highest BCUT2D eigenvalue weighted by Gasteiger charge is 2.11. The topological polar surface area (TPSA) is 66.5 Å². The van der Waals surface area contributed by atoms with E-state index in [1.54, 1.807) is 24.3 Å². The Kier molecular flexibility index (Phi) is 9.00. The molecule has 1 aromatic carbocycles. The molecule has 5 nitrogen and oxygen atoms in total. The quantitative estimate of drug-likeness (QED) is 0.460. The van der Waals surface area contributed by atoms with Crippen molar-refractivity contribution in [2.45, 2.75) is 46.0 Å². The molecular formula is C18H30N2O3S. The highest BCUT2D eigenvalue weighted by Crippen LogP contribution is 2.12. The third-order valence-electron chi connectivity index (χ3n) is 3.90. The van der Waals surface area contributed by atoms with Crippen molar-refractivity contribution in [3.63, 3.8) is 0 Å². The van der Waals surface area contributed by atoms with Gasteiger partial charge < -0.3 is 0 Å². The number of carbonyl (C=O) groups excluding carboxylic acids is 1. The zero-order valence-corrected chi connectivity index (χ0v) is 15.9. The molecular weight excluding hydrogens is 324 g/mol. The second kappa shape index (κ2) is 10.5. The summed E-state index contributed by atoms with van der Waals surface area (Å²) in [6.45, 7) is 6.47. The van der Waals surface area contributed by atoms with Crippen LogP contribution in [0.2, 0.25) is 0 Å². The van der Waals surface area contributed by atoms with E-state index in [4.69, 9.17) is 0 Å². The molecule has 6 heteroatoms. The Hall–Kier alpha value is -1.40. The number of hydrogen-bond donors (Lipinski definition) is 1. The maximum atomic E-state index is 12.4. The maximum Gasteiger partial charge on any atom is 0.229 e. The minimum atomic E-state index is -3.29. The first-order chi connectivity index (χ1) is 11.4. The van der Waals surface area contributed by atoms with Gasteiger partial charge in [0.15, 0.2) is 5.78 Å². The third-order valence-corrected chi connectivity index (χ3v) is 4.51. The van der Waals surface area contributed by atoms with Gasteiger partial charge in [-0.15, -0.1) is 0 Å². The Balaban J connectivity index is 2.50. The van der Waals surface area contributed by atoms with Gasteiger partial charge in [0, 0.05) is 11.3 Å². The molecule has 0 heterocycles. The zero-order valence-electron chi connectivity index (χ0n) is 15.0. The van der Waals surface area contributed by atoms with Crippen LogP contribution in [0.4, 0.5) is 5.69 Å². The Bertz CT molecular complexity index is 597. The van der Waals surface area contributed by atoms with Gasteiger partial charge in [-0.3, -0.25) is 14.4 Å². The lowest BCUT2D eigenvalue weighted by molar-refractivity contribution is 0.0932. The van der Waals surface area contributed by atoms with Crippen LogP contribution in [-0.4, -0.2) is 45.0 Å². The van der Waals surface area contributed by atoms with Crippen LogP contribution in [0.1, 0.15) is 56.3 Å². The monoisotopic (exact) mass is 354 g/mol. The first kappa shape index (κ1) is 20.6. The van der Waals surface area contributed by atoms with Crippen LogP contribution in [0.5, 0.6) is 0 Å². The molecule has 1 N–H and O–H groups in total. The molecule has 0 aliphatic carbocycles. The number of unbranched alkanes of at least 4 members (excludes halogenated alkanes) is 4. The molecule has 136 valence electrons. The van der Waals surface area contributed by atoms with Gasteiger partial charge in [0.05, 0.1) is 12.8 Å². The molecule has 0 saturated heterocycles. The number of likely N-dealkylation sites (N-methyl/N-ethyl adjacent to an activating group) is 1. The van der Waals surface area contributed by atoms with Crippen molar-refractivity contribution in [1.29, 1.82) is 0 Å². The summed E-state index contributed by atoms with van der Waals surface area (Å²) < 4.78 is 24.8. The first-order valence-electron chi connectivity index (χ1n) is 8.69. The van der Waals surface area contributed by atoms with Crippen LogP contribution < -0.4 is 4.72 Å². The standard InChI is InChI=1S/C18H30N2O3S/c1-4-6-7-8-9-14-20(5-2)15-18(21)16-10-12-17(13-11-16)19-24(3,22)23/h10-13,19H,4-9,14-15H2,1-3H3. The van der Waals surface area contributed by atoms with Gasteiger partial charge in [-0.25, -0.2) is 8.42 Å². The molecule has 0 unspecified atom stereocenters. The normalized spacial score (nSPS) is 11.7. The van der Waals surface area contributed by atoms with E-state index in [-0.39, 0.29) is 5.78 Å². The van der Waals surface area contributed by atoms with Crippen LogP contribution >= 0.6 is 0 Å². The summed E-state index contributed by atoms with van der Waals surface area (Å²) in [5.41, 5.74) is 1.08. The minimum absolute atomic E-state index is 0.0660. The molecule has 24 heavy (non-hydrogen) atoms. The van der Waals surface area contributed by atoms with Crippen molar-refractivity contribution in [3.8, 4) is 0 Å². The molecule has 0 atom stereocenters. The number of anilines is 1. The second-order valence-electron chi connectivity index (χ2n) is 6.16. The molecule has 0 bridgehead atoms. The van der Waals surface area contributed by atoms with Crippen molar-refractivity contribution in [3.05, 3.63) is 29.8 Å². The number of Topliss-reactive ketones (excluding diaryl/α,β-unsaturated/α-hetero) is 1. The molecule has 0 aliphatic rings. The van der Waals surface area contributed by atoms with E-state index >= 15 is 0 Å². The van der Waals surface area contributed by atoms with Crippen LogP contribution in [0, 0.1) is 0 Å². The molecule has 1 aromatic rings. The van der Waals surface area contributed by atoms with Gasteiger partial charge in [-0.05, 0) is 43.8 Å². The summed E-state index contributed by atoms with van der Waals surface area (Å²) in [6, 6.07) is 6.58. The first-order valence-corrected chi connectivity index (χ1v) is 10.6. The van der Waals surface area contributed by atoms with Crippen molar-refractivity contribution < 1.29 is 13.2 Å². The van der Waals surface area contributed by atoms with E-state index in [1.807, 2.05) is 0 Å². The largest absolute Gasteiger partial charge is 0.296 e. The van der Waals surface area contributed by atoms with E-state index in [2.05, 4.69) is 23.5 Å². The summed E-state index contributed by atoms with van der Waals surface area (Å²) in [6.07, 6.45) is 7.21. The van der Waals surface area contributed by atoms with Crippen LogP contribution in [0.25, 0.3) is 0 Å². The number of hydrogen-bond acceptors (Lipinski definition) is 4. The molecule has 0 spiro atoms. The number of carbonyl (C=O) groups is 1. The zero-order chi connectivity index (χ0) is 18.0. The molecule has 1 rings (SSSR count). The van der Waals surface area contributed by atoms with E-state index in [9.17, 15) is 13.2 Å². The average molecular weight is 355 g/mol. The lowest BCUT2D eigenvalue weighted by atomic mass is 10.1.